The fraction of sp³-hybridized carbons (Fsp3) is 0.273. The van der Waals surface area contributed by atoms with Gasteiger partial charge in [-0.1, -0.05) is 36.4 Å². The highest BCUT2D eigenvalue weighted by molar-refractivity contribution is 5.93. The van der Waals surface area contributed by atoms with Gasteiger partial charge in [0.15, 0.2) is 0 Å². The summed E-state index contributed by atoms with van der Waals surface area (Å²) in [5.41, 5.74) is 4.06. The van der Waals surface area contributed by atoms with Gasteiger partial charge in [-0.2, -0.15) is 5.10 Å². The monoisotopic (exact) mass is 376 g/mol. The Balaban J connectivity index is 1.42. The second kappa shape index (κ2) is 7.86. The number of likely N-dealkylation sites (N-methyl/N-ethyl adjacent to an activating group) is 1. The number of carbonyl (C=O) groups excluding carboxylic acids is 1. The summed E-state index contributed by atoms with van der Waals surface area (Å²) in [5, 5.41) is 7.38. The molecule has 6 nitrogen and oxygen atoms in total. The van der Waals surface area contributed by atoms with E-state index < -0.39 is 0 Å². The molecule has 144 valence electrons. The molecule has 1 N–H and O–H groups in total. The van der Waals surface area contributed by atoms with Crippen molar-refractivity contribution in [1.82, 2.24) is 20.0 Å². The first kappa shape index (κ1) is 18.3. The molecule has 28 heavy (non-hydrogen) atoms. The van der Waals surface area contributed by atoms with Crippen LogP contribution in [0.5, 0.6) is 5.75 Å². The van der Waals surface area contributed by atoms with Crippen LogP contribution in [0, 0.1) is 0 Å². The van der Waals surface area contributed by atoms with Crippen LogP contribution < -0.4 is 10.1 Å². The van der Waals surface area contributed by atoms with E-state index in [1.54, 1.807) is 24.2 Å². The zero-order valence-corrected chi connectivity index (χ0v) is 16.1. The molecule has 0 bridgehead atoms. The van der Waals surface area contributed by atoms with E-state index in [0.717, 1.165) is 18.7 Å². The third-order valence-corrected chi connectivity index (χ3v) is 5.29. The first-order valence-corrected chi connectivity index (χ1v) is 9.39. The Kier molecular flexibility index (Phi) is 5.12. The molecule has 2 heterocycles. The van der Waals surface area contributed by atoms with E-state index in [0.29, 0.717) is 17.9 Å². The maximum atomic E-state index is 12.6. The lowest BCUT2D eigenvalue weighted by Crippen LogP contribution is -2.45. The van der Waals surface area contributed by atoms with Crippen LogP contribution >= 0.6 is 0 Å². The van der Waals surface area contributed by atoms with Crippen LogP contribution in [0.2, 0.25) is 0 Å². The number of fused-ring (bicyclic) bond motifs is 1. The van der Waals surface area contributed by atoms with Gasteiger partial charge in [-0.3, -0.25) is 9.69 Å². The Labute approximate surface area is 164 Å². The highest BCUT2D eigenvalue weighted by Gasteiger charge is 2.23. The summed E-state index contributed by atoms with van der Waals surface area (Å²) in [6.45, 7) is 1.51. The smallest absolute Gasteiger partial charge is 0.254 e. The van der Waals surface area contributed by atoms with Crippen LogP contribution in [-0.4, -0.2) is 47.3 Å². The van der Waals surface area contributed by atoms with Gasteiger partial charge in [0, 0.05) is 25.3 Å². The number of nitrogens with zero attached hydrogens (tertiary/aromatic N) is 3. The van der Waals surface area contributed by atoms with Gasteiger partial charge in [0.1, 0.15) is 11.4 Å². The molecule has 1 amide bonds. The Morgan fingerprint density at radius 2 is 1.93 bits per heavy atom. The molecule has 0 aliphatic carbocycles. The number of nitrogens with one attached hydrogen (secondary N) is 1. The quantitative estimate of drug-likeness (QED) is 0.744. The van der Waals surface area contributed by atoms with E-state index in [1.807, 2.05) is 24.3 Å². The summed E-state index contributed by atoms with van der Waals surface area (Å²) < 4.78 is 7.03. The highest BCUT2D eigenvalue weighted by Crippen LogP contribution is 2.23. The van der Waals surface area contributed by atoms with Crippen molar-refractivity contribution >= 4 is 5.91 Å². The molecule has 1 unspecified atom stereocenters. The average Bonchev–Trinajstić information content (AvgIpc) is 3.22. The van der Waals surface area contributed by atoms with E-state index in [-0.39, 0.29) is 11.9 Å². The molecule has 1 aliphatic rings. The van der Waals surface area contributed by atoms with Crippen molar-refractivity contribution in [3.8, 4) is 11.4 Å². The fourth-order valence-corrected chi connectivity index (χ4v) is 3.65. The molecule has 4 rings (SSSR count). The minimum absolute atomic E-state index is 0.117. The van der Waals surface area contributed by atoms with E-state index >= 15 is 0 Å². The standard InChI is InChI=1S/C22H24N4O2/c1-25-14-17-8-4-3-7-16(17)11-19(25)13-23-22(27)18-12-24-26(15-18)20-9-5-6-10-21(20)28-2/h3-10,12,15,19H,11,13-14H2,1-2H3,(H,23,27). The number of methoxy groups -OCH3 is 1. The number of aromatic nitrogens is 2. The average molecular weight is 376 g/mol. The summed E-state index contributed by atoms with van der Waals surface area (Å²) in [7, 11) is 3.72. The summed E-state index contributed by atoms with van der Waals surface area (Å²) in [6, 6.07) is 16.4. The van der Waals surface area contributed by atoms with Gasteiger partial charge < -0.3 is 10.1 Å². The summed E-state index contributed by atoms with van der Waals surface area (Å²) in [5.74, 6) is 0.591. The SMILES string of the molecule is COc1ccccc1-n1cc(C(=O)NCC2Cc3ccccc3CN2C)cn1. The van der Waals surface area contributed by atoms with Gasteiger partial charge in [-0.05, 0) is 36.7 Å². The Hall–Kier alpha value is -3.12. The number of carbonyl (C=O) groups is 1. The lowest BCUT2D eigenvalue weighted by atomic mass is 9.94. The lowest BCUT2D eigenvalue weighted by molar-refractivity contribution is 0.0934. The van der Waals surface area contributed by atoms with Crippen molar-refractivity contribution < 1.29 is 9.53 Å². The van der Waals surface area contributed by atoms with Crippen LogP contribution in [-0.2, 0) is 13.0 Å². The first-order valence-electron chi connectivity index (χ1n) is 9.39. The van der Waals surface area contributed by atoms with Crippen LogP contribution in [0.15, 0.2) is 60.9 Å². The number of ether oxygens (including phenoxy) is 1. The minimum Gasteiger partial charge on any atom is -0.494 e. The molecule has 0 radical (unpaired) electrons. The Morgan fingerprint density at radius 3 is 2.75 bits per heavy atom. The number of benzene rings is 2. The number of hydrogen-bond donors (Lipinski definition) is 1. The third kappa shape index (κ3) is 3.64. The molecule has 0 fully saturated rings. The van der Waals surface area contributed by atoms with Gasteiger partial charge in [-0.25, -0.2) is 4.68 Å². The normalized spacial score (nSPS) is 16.4. The third-order valence-electron chi connectivity index (χ3n) is 5.29. The number of amides is 1. The topological polar surface area (TPSA) is 59.4 Å². The van der Waals surface area contributed by atoms with E-state index in [1.165, 1.54) is 11.1 Å². The second-order valence-corrected chi connectivity index (χ2v) is 7.10. The van der Waals surface area contributed by atoms with Crippen LogP contribution in [0.4, 0.5) is 0 Å². The zero-order chi connectivity index (χ0) is 19.5. The number of rotatable bonds is 5. The van der Waals surface area contributed by atoms with Gasteiger partial charge in [0.05, 0.1) is 18.9 Å². The Morgan fingerprint density at radius 1 is 1.18 bits per heavy atom. The predicted octanol–water partition coefficient (Wildman–Crippen LogP) is 2.67. The van der Waals surface area contributed by atoms with E-state index in [9.17, 15) is 4.79 Å². The molecule has 2 aromatic carbocycles. The molecule has 1 aromatic heterocycles. The molecule has 3 aromatic rings. The largest absolute Gasteiger partial charge is 0.494 e. The van der Waals surface area contributed by atoms with Crippen LogP contribution in [0.25, 0.3) is 5.69 Å². The molecule has 1 atom stereocenters. The zero-order valence-electron chi connectivity index (χ0n) is 16.1. The van der Waals surface area contributed by atoms with E-state index in [4.69, 9.17) is 4.74 Å². The van der Waals surface area contributed by atoms with Crippen molar-refractivity contribution in [3.05, 3.63) is 77.6 Å². The number of para-hydroxylation sites is 2. The highest BCUT2D eigenvalue weighted by atomic mass is 16.5. The van der Waals surface area contributed by atoms with Gasteiger partial charge in [0.2, 0.25) is 0 Å². The molecular formula is C22H24N4O2. The van der Waals surface area contributed by atoms with Gasteiger partial charge in [-0.15, -0.1) is 0 Å². The second-order valence-electron chi connectivity index (χ2n) is 7.10. The molecule has 0 saturated heterocycles. The summed E-state index contributed by atoms with van der Waals surface area (Å²) in [6.07, 6.45) is 4.25. The van der Waals surface area contributed by atoms with Crippen molar-refractivity contribution in [3.63, 3.8) is 0 Å². The van der Waals surface area contributed by atoms with Crippen molar-refractivity contribution in [2.75, 3.05) is 20.7 Å². The molecule has 6 heteroatoms. The maximum Gasteiger partial charge on any atom is 0.254 e. The van der Waals surface area contributed by atoms with Crippen LogP contribution in [0.1, 0.15) is 21.5 Å². The molecular weight excluding hydrogens is 352 g/mol. The fourth-order valence-electron chi connectivity index (χ4n) is 3.65. The molecule has 1 aliphatic heterocycles. The van der Waals surface area contributed by atoms with Crippen molar-refractivity contribution in [2.45, 2.75) is 19.0 Å². The molecule has 0 saturated carbocycles. The summed E-state index contributed by atoms with van der Waals surface area (Å²) >= 11 is 0. The maximum absolute atomic E-state index is 12.6. The van der Waals surface area contributed by atoms with E-state index in [2.05, 4.69) is 46.6 Å². The van der Waals surface area contributed by atoms with Gasteiger partial charge in [0.25, 0.3) is 5.91 Å². The van der Waals surface area contributed by atoms with Crippen molar-refractivity contribution in [2.24, 2.45) is 0 Å². The van der Waals surface area contributed by atoms with Gasteiger partial charge >= 0.3 is 0 Å². The lowest BCUT2D eigenvalue weighted by Gasteiger charge is -2.34. The predicted molar refractivity (Wildman–Crippen MR) is 108 cm³/mol. The van der Waals surface area contributed by atoms with Crippen molar-refractivity contribution in [1.29, 1.82) is 0 Å². The Bertz CT molecular complexity index is 982. The first-order chi connectivity index (χ1) is 13.7. The minimum atomic E-state index is -0.117. The number of hydrogen-bond acceptors (Lipinski definition) is 4. The van der Waals surface area contributed by atoms with Crippen LogP contribution in [0.3, 0.4) is 0 Å². The summed E-state index contributed by atoms with van der Waals surface area (Å²) in [4.78, 5) is 14.9. The molecule has 0 spiro atoms.